The molecule has 1 aromatic rings. The van der Waals surface area contributed by atoms with Gasteiger partial charge in [-0.05, 0) is 43.5 Å². The third kappa shape index (κ3) is 2.88. The molecule has 1 fully saturated rings. The summed E-state index contributed by atoms with van der Waals surface area (Å²) in [6.45, 7) is 6.51. The number of rotatable bonds is 3. The molecule has 20 heavy (non-hydrogen) atoms. The van der Waals surface area contributed by atoms with Crippen LogP contribution in [0.25, 0.3) is 0 Å². The molecule has 0 bridgehead atoms. The lowest BCUT2D eigenvalue weighted by Gasteiger charge is -2.31. The first-order valence-electron chi connectivity index (χ1n) is 6.69. The molecule has 0 aliphatic carbocycles. The van der Waals surface area contributed by atoms with Crippen LogP contribution in [-0.2, 0) is 21.4 Å². The first-order chi connectivity index (χ1) is 9.36. The summed E-state index contributed by atoms with van der Waals surface area (Å²) in [5.74, 6) is 0. The summed E-state index contributed by atoms with van der Waals surface area (Å²) in [6.07, 6.45) is -0.0963. The van der Waals surface area contributed by atoms with E-state index in [1.54, 1.807) is 13.0 Å². The van der Waals surface area contributed by atoms with Crippen molar-refractivity contribution in [3.05, 3.63) is 28.8 Å². The minimum absolute atomic E-state index is 0.0963. The summed E-state index contributed by atoms with van der Waals surface area (Å²) in [6, 6.07) is 3.38. The van der Waals surface area contributed by atoms with Crippen molar-refractivity contribution in [1.29, 1.82) is 0 Å². The SMILES string of the molecule is Cc1cc(CO)cc(S(=O)(=O)N2CCOC(C)C2)c1C. The number of sulfonamides is 1. The fraction of sp³-hybridized carbons (Fsp3) is 0.571. The average Bonchev–Trinajstić information content (AvgIpc) is 2.41. The van der Waals surface area contributed by atoms with Gasteiger partial charge in [-0.1, -0.05) is 6.07 Å². The Morgan fingerprint density at radius 3 is 2.70 bits per heavy atom. The van der Waals surface area contributed by atoms with E-state index < -0.39 is 10.0 Å². The van der Waals surface area contributed by atoms with Crippen molar-refractivity contribution in [3.8, 4) is 0 Å². The number of ether oxygens (including phenoxy) is 1. The lowest BCUT2D eigenvalue weighted by molar-refractivity contribution is 0.0101. The average molecular weight is 299 g/mol. The Labute approximate surface area is 120 Å². The molecule has 1 aliphatic rings. The van der Waals surface area contributed by atoms with E-state index in [1.807, 2.05) is 19.9 Å². The minimum Gasteiger partial charge on any atom is -0.392 e. The zero-order valence-corrected chi connectivity index (χ0v) is 12.9. The predicted molar refractivity (Wildman–Crippen MR) is 76.0 cm³/mol. The van der Waals surface area contributed by atoms with Gasteiger partial charge in [-0.25, -0.2) is 8.42 Å². The van der Waals surface area contributed by atoms with Crippen LogP contribution in [-0.4, -0.2) is 43.6 Å². The third-order valence-electron chi connectivity index (χ3n) is 3.68. The molecule has 0 saturated carbocycles. The first-order valence-corrected chi connectivity index (χ1v) is 8.13. The van der Waals surface area contributed by atoms with Crippen LogP contribution in [0, 0.1) is 13.8 Å². The lowest BCUT2D eigenvalue weighted by atomic mass is 10.1. The maximum Gasteiger partial charge on any atom is 0.243 e. The predicted octanol–water partition coefficient (Wildman–Crippen LogP) is 1.21. The summed E-state index contributed by atoms with van der Waals surface area (Å²) in [4.78, 5) is 0.288. The van der Waals surface area contributed by atoms with Crippen LogP contribution >= 0.6 is 0 Å². The fourth-order valence-corrected chi connectivity index (χ4v) is 4.25. The molecule has 1 N–H and O–H groups in total. The largest absolute Gasteiger partial charge is 0.392 e. The maximum atomic E-state index is 12.8. The summed E-state index contributed by atoms with van der Waals surface area (Å²) < 4.78 is 32.4. The molecule has 0 aromatic heterocycles. The van der Waals surface area contributed by atoms with Crippen LogP contribution in [0.3, 0.4) is 0 Å². The highest BCUT2D eigenvalue weighted by atomic mass is 32.2. The maximum absolute atomic E-state index is 12.8. The number of nitrogens with zero attached hydrogens (tertiary/aromatic N) is 1. The monoisotopic (exact) mass is 299 g/mol. The van der Waals surface area contributed by atoms with Gasteiger partial charge < -0.3 is 9.84 Å². The highest BCUT2D eigenvalue weighted by Gasteiger charge is 2.30. The van der Waals surface area contributed by atoms with Gasteiger partial charge in [0, 0.05) is 13.1 Å². The molecule has 1 atom stereocenters. The highest BCUT2D eigenvalue weighted by Crippen LogP contribution is 2.25. The van der Waals surface area contributed by atoms with Crippen molar-refractivity contribution in [2.45, 2.75) is 38.4 Å². The second-order valence-corrected chi connectivity index (χ2v) is 7.14. The molecule has 0 amide bonds. The van der Waals surface area contributed by atoms with E-state index in [2.05, 4.69) is 0 Å². The second-order valence-electron chi connectivity index (χ2n) is 5.24. The van der Waals surface area contributed by atoms with Crippen LogP contribution in [0.1, 0.15) is 23.6 Å². The van der Waals surface area contributed by atoms with Crippen molar-refractivity contribution in [2.75, 3.05) is 19.7 Å². The standard InChI is InChI=1S/C14H21NO4S/c1-10-6-13(9-16)7-14(12(10)3)20(17,18)15-4-5-19-11(2)8-15/h6-7,11,16H,4-5,8-9H2,1-3H3. The highest BCUT2D eigenvalue weighted by molar-refractivity contribution is 7.89. The zero-order valence-electron chi connectivity index (χ0n) is 12.1. The number of morpholine rings is 1. The van der Waals surface area contributed by atoms with Crippen molar-refractivity contribution < 1.29 is 18.3 Å². The molecule has 1 unspecified atom stereocenters. The van der Waals surface area contributed by atoms with Crippen LogP contribution in [0.15, 0.2) is 17.0 Å². The van der Waals surface area contributed by atoms with Gasteiger partial charge in [0.2, 0.25) is 10.0 Å². The van der Waals surface area contributed by atoms with Gasteiger partial charge >= 0.3 is 0 Å². The van der Waals surface area contributed by atoms with E-state index in [0.29, 0.717) is 25.3 Å². The topological polar surface area (TPSA) is 66.8 Å². The van der Waals surface area contributed by atoms with Gasteiger partial charge in [0.05, 0.1) is 24.2 Å². The van der Waals surface area contributed by atoms with Crippen LogP contribution in [0.5, 0.6) is 0 Å². The van der Waals surface area contributed by atoms with E-state index in [4.69, 9.17) is 4.74 Å². The van der Waals surface area contributed by atoms with Gasteiger partial charge in [0.15, 0.2) is 0 Å². The molecule has 1 aromatic carbocycles. The zero-order chi connectivity index (χ0) is 14.9. The van der Waals surface area contributed by atoms with Gasteiger partial charge in [0.1, 0.15) is 0 Å². The first kappa shape index (κ1) is 15.4. The fourth-order valence-electron chi connectivity index (χ4n) is 2.40. The molecule has 5 nitrogen and oxygen atoms in total. The summed E-state index contributed by atoms with van der Waals surface area (Å²) in [5.41, 5.74) is 2.23. The van der Waals surface area contributed by atoms with Crippen LogP contribution in [0.4, 0.5) is 0 Å². The van der Waals surface area contributed by atoms with Gasteiger partial charge in [-0.15, -0.1) is 0 Å². The Hall–Kier alpha value is -0.950. The Balaban J connectivity index is 2.46. The number of aryl methyl sites for hydroxylation is 1. The summed E-state index contributed by atoms with van der Waals surface area (Å²) >= 11 is 0. The molecule has 1 heterocycles. The molecular weight excluding hydrogens is 278 g/mol. The Kier molecular flexibility index (Phi) is 4.49. The van der Waals surface area contributed by atoms with E-state index in [1.165, 1.54) is 4.31 Å². The molecule has 112 valence electrons. The van der Waals surface area contributed by atoms with Gasteiger partial charge in [0.25, 0.3) is 0 Å². The lowest BCUT2D eigenvalue weighted by Crippen LogP contribution is -2.44. The smallest absolute Gasteiger partial charge is 0.243 e. The van der Waals surface area contributed by atoms with E-state index in [9.17, 15) is 13.5 Å². The third-order valence-corrected chi connectivity index (χ3v) is 5.68. The number of aliphatic hydroxyl groups is 1. The second kappa shape index (κ2) is 5.81. The molecule has 2 rings (SSSR count). The van der Waals surface area contributed by atoms with Crippen LogP contribution in [0.2, 0.25) is 0 Å². The van der Waals surface area contributed by atoms with Crippen LogP contribution < -0.4 is 0 Å². The van der Waals surface area contributed by atoms with E-state index in [-0.39, 0.29) is 17.6 Å². The Morgan fingerprint density at radius 1 is 1.40 bits per heavy atom. The van der Waals surface area contributed by atoms with Crippen molar-refractivity contribution >= 4 is 10.0 Å². The normalized spacial score (nSPS) is 21.1. The Morgan fingerprint density at radius 2 is 2.10 bits per heavy atom. The van der Waals surface area contributed by atoms with Gasteiger partial charge in [-0.2, -0.15) is 4.31 Å². The van der Waals surface area contributed by atoms with Gasteiger partial charge in [-0.3, -0.25) is 0 Å². The number of benzene rings is 1. The Bertz CT molecular complexity index is 597. The summed E-state index contributed by atoms with van der Waals surface area (Å²) in [5, 5.41) is 9.27. The number of hydrogen-bond acceptors (Lipinski definition) is 4. The molecule has 0 radical (unpaired) electrons. The van der Waals surface area contributed by atoms with Crippen molar-refractivity contribution in [2.24, 2.45) is 0 Å². The molecular formula is C14H21NO4S. The minimum atomic E-state index is -3.54. The van der Waals surface area contributed by atoms with E-state index >= 15 is 0 Å². The molecule has 0 spiro atoms. The van der Waals surface area contributed by atoms with E-state index in [0.717, 1.165) is 11.1 Å². The molecule has 1 aliphatic heterocycles. The van der Waals surface area contributed by atoms with Crippen molar-refractivity contribution in [3.63, 3.8) is 0 Å². The number of hydrogen-bond donors (Lipinski definition) is 1. The summed E-state index contributed by atoms with van der Waals surface area (Å²) in [7, 11) is -3.54. The molecule has 6 heteroatoms. The molecule has 1 saturated heterocycles. The quantitative estimate of drug-likeness (QED) is 0.911. The number of aliphatic hydroxyl groups excluding tert-OH is 1. The van der Waals surface area contributed by atoms with Crippen molar-refractivity contribution in [1.82, 2.24) is 4.31 Å².